The number of nitrogens with one attached hydrogen (secondary N) is 1. The fraction of sp³-hybridized carbons (Fsp3) is 0.500. The highest BCUT2D eigenvalue weighted by Gasteiger charge is 2.27. The molecule has 3 N–H and O–H groups in total. The van der Waals surface area contributed by atoms with Crippen molar-refractivity contribution in [2.24, 2.45) is 11.7 Å². The molecule has 1 aliphatic heterocycles. The lowest BCUT2D eigenvalue weighted by atomic mass is 9.92. The van der Waals surface area contributed by atoms with Gasteiger partial charge in [-0.25, -0.2) is 9.97 Å². The van der Waals surface area contributed by atoms with Crippen LogP contribution in [0.15, 0.2) is 36.5 Å². The minimum atomic E-state index is -0.560. The second-order valence-corrected chi connectivity index (χ2v) is 8.72. The average Bonchev–Trinajstić information content (AvgIpc) is 2.80. The van der Waals surface area contributed by atoms with Gasteiger partial charge in [0.1, 0.15) is 5.69 Å². The number of nitrogens with two attached hydrogens (primary N) is 1. The minimum absolute atomic E-state index is 0.134. The topological polar surface area (TPSA) is 101 Å². The zero-order valence-corrected chi connectivity index (χ0v) is 17.9. The number of nitrogens with zero attached hydrogens (tertiary/aromatic N) is 3. The van der Waals surface area contributed by atoms with Crippen molar-refractivity contribution in [1.29, 1.82) is 0 Å². The monoisotopic (exact) mass is 421 g/mol. The quantitative estimate of drug-likeness (QED) is 0.747. The van der Waals surface area contributed by atoms with E-state index in [2.05, 4.69) is 32.3 Å². The van der Waals surface area contributed by atoms with Crippen molar-refractivity contribution in [2.45, 2.75) is 57.5 Å². The van der Waals surface area contributed by atoms with Crippen LogP contribution in [0.25, 0.3) is 11.4 Å². The van der Waals surface area contributed by atoms with E-state index in [4.69, 9.17) is 5.73 Å². The molecule has 0 spiro atoms. The third-order valence-electron chi connectivity index (χ3n) is 6.41. The Morgan fingerprint density at radius 3 is 2.58 bits per heavy atom. The summed E-state index contributed by atoms with van der Waals surface area (Å²) in [7, 11) is 0. The van der Waals surface area contributed by atoms with Crippen molar-refractivity contribution in [3.05, 3.63) is 47.8 Å². The average molecular weight is 422 g/mol. The maximum Gasteiger partial charge on any atom is 0.267 e. The van der Waals surface area contributed by atoms with E-state index in [9.17, 15) is 9.59 Å². The van der Waals surface area contributed by atoms with Gasteiger partial charge in [0.25, 0.3) is 5.91 Å². The van der Waals surface area contributed by atoms with Gasteiger partial charge in [-0.3, -0.25) is 14.5 Å². The molecule has 1 aliphatic carbocycles. The molecule has 1 saturated heterocycles. The van der Waals surface area contributed by atoms with Crippen molar-refractivity contribution in [2.75, 3.05) is 13.1 Å². The smallest absolute Gasteiger partial charge is 0.267 e. The van der Waals surface area contributed by atoms with E-state index in [1.807, 2.05) is 12.1 Å². The van der Waals surface area contributed by atoms with E-state index in [0.717, 1.165) is 56.4 Å². The van der Waals surface area contributed by atoms with E-state index in [-0.39, 0.29) is 17.5 Å². The summed E-state index contributed by atoms with van der Waals surface area (Å²) in [6, 6.07) is 9.97. The van der Waals surface area contributed by atoms with Crippen LogP contribution in [0.5, 0.6) is 0 Å². The lowest BCUT2D eigenvalue weighted by Crippen LogP contribution is -2.44. The molecular formula is C24H31N5O2. The number of carbonyl (C=O) groups is 2. The number of hydrogen-bond donors (Lipinski definition) is 2. The molecule has 2 heterocycles. The molecule has 7 nitrogen and oxygen atoms in total. The number of aromatic nitrogens is 2. The van der Waals surface area contributed by atoms with Crippen LogP contribution in [0.1, 0.15) is 61.0 Å². The number of primary amides is 1. The number of rotatable bonds is 6. The van der Waals surface area contributed by atoms with Gasteiger partial charge < -0.3 is 11.1 Å². The van der Waals surface area contributed by atoms with Crippen molar-refractivity contribution in [3.63, 3.8) is 0 Å². The summed E-state index contributed by atoms with van der Waals surface area (Å²) in [6.45, 7) is 2.65. The predicted octanol–water partition coefficient (Wildman–Crippen LogP) is 2.90. The van der Waals surface area contributed by atoms with E-state index in [1.54, 1.807) is 6.20 Å². The standard InChI is InChI=1S/C24H31N5O2/c25-22(30)21-9-12-26-23(28-21)19-6-4-5-17(15-19)16-29-13-10-18(11-14-29)24(31)27-20-7-2-1-3-8-20/h4-6,9,12,15,18,20H,1-3,7-8,10-11,13-14,16H2,(H2,25,30)(H,27,31). The Labute approximate surface area is 183 Å². The van der Waals surface area contributed by atoms with Gasteiger partial charge in [0.05, 0.1) is 0 Å². The van der Waals surface area contributed by atoms with Crippen LogP contribution in [0.3, 0.4) is 0 Å². The molecule has 0 radical (unpaired) electrons. The van der Waals surface area contributed by atoms with E-state index in [1.165, 1.54) is 25.3 Å². The number of benzene rings is 1. The first kappa shape index (κ1) is 21.4. The molecule has 164 valence electrons. The molecule has 0 atom stereocenters. The zero-order valence-electron chi connectivity index (χ0n) is 17.9. The lowest BCUT2D eigenvalue weighted by Gasteiger charge is -2.32. The largest absolute Gasteiger partial charge is 0.364 e. The van der Waals surface area contributed by atoms with Gasteiger partial charge >= 0.3 is 0 Å². The summed E-state index contributed by atoms with van der Waals surface area (Å²) in [6.07, 6.45) is 9.40. The molecule has 2 fully saturated rings. The molecule has 2 amide bonds. The minimum Gasteiger partial charge on any atom is -0.364 e. The Morgan fingerprint density at radius 1 is 1.06 bits per heavy atom. The molecule has 2 aliphatic rings. The molecule has 0 unspecified atom stereocenters. The van der Waals surface area contributed by atoms with E-state index in [0.29, 0.717) is 11.9 Å². The van der Waals surface area contributed by atoms with Crippen molar-refractivity contribution in [1.82, 2.24) is 20.2 Å². The first-order valence-corrected chi connectivity index (χ1v) is 11.3. The highest BCUT2D eigenvalue weighted by Crippen LogP contribution is 2.23. The van der Waals surface area contributed by atoms with Gasteiger partial charge in [-0.1, -0.05) is 37.5 Å². The Hall–Kier alpha value is -2.80. The Kier molecular flexibility index (Phi) is 6.92. The normalized spacial score (nSPS) is 18.6. The SMILES string of the molecule is NC(=O)c1ccnc(-c2cccc(CN3CCC(C(=O)NC4CCCCC4)CC3)c2)n1. The number of hydrogen-bond acceptors (Lipinski definition) is 5. The third kappa shape index (κ3) is 5.67. The first-order valence-electron chi connectivity index (χ1n) is 11.3. The summed E-state index contributed by atoms with van der Waals surface area (Å²) < 4.78 is 0. The second kappa shape index (κ2) is 10.0. The van der Waals surface area contributed by atoms with Gasteiger partial charge in [0.2, 0.25) is 5.91 Å². The first-order chi connectivity index (χ1) is 15.1. The summed E-state index contributed by atoms with van der Waals surface area (Å²) >= 11 is 0. The van der Waals surface area contributed by atoms with Gasteiger partial charge in [-0.2, -0.15) is 0 Å². The van der Waals surface area contributed by atoms with Crippen LogP contribution < -0.4 is 11.1 Å². The Bertz CT molecular complexity index is 918. The van der Waals surface area contributed by atoms with Crippen molar-refractivity contribution < 1.29 is 9.59 Å². The zero-order chi connectivity index (χ0) is 21.6. The summed E-state index contributed by atoms with van der Waals surface area (Å²) in [5.41, 5.74) is 7.57. The predicted molar refractivity (Wildman–Crippen MR) is 119 cm³/mol. The summed E-state index contributed by atoms with van der Waals surface area (Å²) in [4.78, 5) is 35.0. The number of amides is 2. The van der Waals surface area contributed by atoms with Crippen molar-refractivity contribution in [3.8, 4) is 11.4 Å². The van der Waals surface area contributed by atoms with E-state index >= 15 is 0 Å². The summed E-state index contributed by atoms with van der Waals surface area (Å²) in [5.74, 6) is 0.320. The Balaban J connectivity index is 1.31. The maximum absolute atomic E-state index is 12.6. The molecule has 31 heavy (non-hydrogen) atoms. The fourth-order valence-corrected chi connectivity index (χ4v) is 4.62. The van der Waals surface area contributed by atoms with Crippen LogP contribution >= 0.6 is 0 Å². The fourth-order valence-electron chi connectivity index (χ4n) is 4.62. The van der Waals surface area contributed by atoms with Crippen LogP contribution in [-0.2, 0) is 11.3 Å². The molecule has 1 aromatic carbocycles. The van der Waals surface area contributed by atoms with Crippen molar-refractivity contribution >= 4 is 11.8 Å². The van der Waals surface area contributed by atoms with E-state index < -0.39 is 5.91 Å². The van der Waals surface area contributed by atoms with Gasteiger partial charge in [0.15, 0.2) is 5.82 Å². The second-order valence-electron chi connectivity index (χ2n) is 8.72. The molecule has 1 saturated carbocycles. The van der Waals surface area contributed by atoms with Crippen LogP contribution in [-0.4, -0.2) is 45.8 Å². The van der Waals surface area contributed by atoms with Gasteiger partial charge in [0, 0.05) is 30.3 Å². The molecule has 0 bridgehead atoms. The number of carbonyl (C=O) groups excluding carboxylic acids is 2. The summed E-state index contributed by atoms with van der Waals surface area (Å²) in [5, 5.41) is 3.29. The van der Waals surface area contributed by atoms with Crippen LogP contribution in [0.4, 0.5) is 0 Å². The van der Waals surface area contributed by atoms with Crippen LogP contribution in [0, 0.1) is 5.92 Å². The molecule has 7 heteroatoms. The number of likely N-dealkylation sites (tertiary alicyclic amines) is 1. The lowest BCUT2D eigenvalue weighted by molar-refractivity contribution is -0.127. The van der Waals surface area contributed by atoms with Gasteiger partial charge in [-0.05, 0) is 56.5 Å². The van der Waals surface area contributed by atoms with Crippen LogP contribution in [0.2, 0.25) is 0 Å². The third-order valence-corrected chi connectivity index (χ3v) is 6.41. The molecule has 4 rings (SSSR count). The Morgan fingerprint density at radius 2 is 1.84 bits per heavy atom. The molecular weight excluding hydrogens is 390 g/mol. The number of piperidine rings is 1. The highest BCUT2D eigenvalue weighted by molar-refractivity contribution is 5.91. The molecule has 1 aromatic heterocycles. The maximum atomic E-state index is 12.6. The molecule has 2 aromatic rings. The highest BCUT2D eigenvalue weighted by atomic mass is 16.2. The van der Waals surface area contributed by atoms with Gasteiger partial charge in [-0.15, -0.1) is 0 Å².